The van der Waals surface area contributed by atoms with Gasteiger partial charge in [0.05, 0.1) is 18.1 Å². The Morgan fingerprint density at radius 1 is 1.53 bits per heavy atom. The Bertz CT molecular complexity index is 370. The Morgan fingerprint density at radius 3 is 2.80 bits per heavy atom. The molecule has 1 fully saturated rings. The van der Waals surface area contributed by atoms with Gasteiger partial charge in [-0.25, -0.2) is 0 Å². The summed E-state index contributed by atoms with van der Waals surface area (Å²) in [7, 11) is 0. The first-order valence-electron chi connectivity index (χ1n) is 4.72. The quantitative estimate of drug-likeness (QED) is 0.568. The van der Waals surface area contributed by atoms with Crippen molar-refractivity contribution in [2.45, 2.75) is 6.92 Å². The van der Waals surface area contributed by atoms with Crippen LogP contribution >= 0.6 is 0 Å². The molecule has 0 aromatic carbocycles. The van der Waals surface area contributed by atoms with Gasteiger partial charge in [-0.1, -0.05) is 0 Å². The molecule has 82 valence electrons. The number of H-pyrrole nitrogens is 1. The normalized spacial score (nSPS) is 16.7. The average molecular weight is 212 g/mol. The Hall–Kier alpha value is -1.63. The smallest absolute Gasteiger partial charge is 0.333 e. The Morgan fingerprint density at radius 2 is 2.20 bits per heavy atom. The molecule has 0 amide bonds. The number of hydrogen-bond donors (Lipinski definition) is 1. The van der Waals surface area contributed by atoms with Crippen LogP contribution in [0.5, 0.6) is 0 Å². The first-order chi connectivity index (χ1) is 7.20. The fraction of sp³-hybridized carbons (Fsp3) is 0.625. The third-order valence-electron chi connectivity index (χ3n) is 2.39. The molecule has 0 spiro atoms. The van der Waals surface area contributed by atoms with Gasteiger partial charge in [0.1, 0.15) is 5.69 Å². The largest absolute Gasteiger partial charge is 0.378 e. The number of nitrogens with one attached hydrogen (secondary N) is 1. The molecule has 0 radical (unpaired) electrons. The second-order valence-corrected chi connectivity index (χ2v) is 3.38. The van der Waals surface area contributed by atoms with Crippen LogP contribution in [-0.2, 0) is 4.74 Å². The summed E-state index contributed by atoms with van der Waals surface area (Å²) >= 11 is 0. The molecule has 15 heavy (non-hydrogen) atoms. The van der Waals surface area contributed by atoms with Crippen LogP contribution in [0.15, 0.2) is 0 Å². The molecule has 1 aromatic heterocycles. The van der Waals surface area contributed by atoms with Crippen LogP contribution in [0.3, 0.4) is 0 Å². The van der Waals surface area contributed by atoms with Crippen LogP contribution in [0.2, 0.25) is 0 Å². The highest BCUT2D eigenvalue weighted by atomic mass is 16.6. The van der Waals surface area contributed by atoms with Gasteiger partial charge >= 0.3 is 5.69 Å². The van der Waals surface area contributed by atoms with Crippen LogP contribution < -0.4 is 4.90 Å². The van der Waals surface area contributed by atoms with Crippen molar-refractivity contribution in [3.8, 4) is 0 Å². The van der Waals surface area contributed by atoms with E-state index in [1.807, 2.05) is 4.90 Å². The highest BCUT2D eigenvalue weighted by molar-refractivity contribution is 5.60. The summed E-state index contributed by atoms with van der Waals surface area (Å²) in [6.45, 7) is 4.11. The van der Waals surface area contributed by atoms with E-state index < -0.39 is 4.92 Å². The van der Waals surface area contributed by atoms with Crippen molar-refractivity contribution in [3.63, 3.8) is 0 Å². The van der Waals surface area contributed by atoms with E-state index in [-0.39, 0.29) is 5.69 Å². The number of hydrogen-bond acceptors (Lipinski definition) is 5. The van der Waals surface area contributed by atoms with E-state index in [2.05, 4.69) is 10.2 Å². The third kappa shape index (κ3) is 1.78. The minimum atomic E-state index is -0.399. The molecular weight excluding hydrogens is 200 g/mol. The lowest BCUT2D eigenvalue weighted by atomic mass is 10.3. The van der Waals surface area contributed by atoms with Gasteiger partial charge in [0.15, 0.2) is 0 Å². The van der Waals surface area contributed by atoms with Gasteiger partial charge in [-0.05, 0) is 6.92 Å². The first-order valence-corrected chi connectivity index (χ1v) is 4.72. The number of ether oxygens (including phenoxy) is 1. The maximum atomic E-state index is 10.8. The van der Waals surface area contributed by atoms with Crippen molar-refractivity contribution < 1.29 is 9.66 Å². The summed E-state index contributed by atoms with van der Waals surface area (Å²) in [5.74, 6) is 0.417. The van der Waals surface area contributed by atoms with Gasteiger partial charge in [0.25, 0.3) is 0 Å². The fourth-order valence-electron chi connectivity index (χ4n) is 1.62. The molecule has 0 atom stereocenters. The van der Waals surface area contributed by atoms with E-state index in [4.69, 9.17) is 4.74 Å². The SMILES string of the molecule is Cc1[nH]nc(N2CCOCC2)c1[N+](=O)[O-]. The molecule has 0 bridgehead atoms. The Balaban J connectivity index is 2.30. The maximum Gasteiger partial charge on any atom is 0.333 e. The Labute approximate surface area is 86.2 Å². The van der Waals surface area contributed by atoms with Crippen molar-refractivity contribution in [3.05, 3.63) is 15.8 Å². The average Bonchev–Trinajstić information content (AvgIpc) is 2.61. The summed E-state index contributed by atoms with van der Waals surface area (Å²) in [5, 5.41) is 17.4. The van der Waals surface area contributed by atoms with Gasteiger partial charge in [-0.3, -0.25) is 15.2 Å². The van der Waals surface area contributed by atoms with Gasteiger partial charge < -0.3 is 9.64 Å². The minimum absolute atomic E-state index is 0.0666. The van der Waals surface area contributed by atoms with E-state index in [1.165, 1.54) is 0 Å². The molecule has 2 rings (SSSR count). The van der Waals surface area contributed by atoms with E-state index in [0.717, 1.165) is 0 Å². The van der Waals surface area contributed by atoms with Crippen LogP contribution in [0.1, 0.15) is 5.69 Å². The number of aryl methyl sites for hydroxylation is 1. The van der Waals surface area contributed by atoms with Gasteiger partial charge in [-0.2, -0.15) is 0 Å². The highest BCUT2D eigenvalue weighted by Gasteiger charge is 2.27. The zero-order chi connectivity index (χ0) is 10.8. The first kappa shape index (κ1) is 9.91. The second kappa shape index (κ2) is 3.85. The molecule has 2 heterocycles. The van der Waals surface area contributed by atoms with Gasteiger partial charge in [-0.15, -0.1) is 5.10 Å². The van der Waals surface area contributed by atoms with Crippen molar-refractivity contribution in [1.82, 2.24) is 10.2 Å². The van der Waals surface area contributed by atoms with Crippen LogP contribution in [-0.4, -0.2) is 41.4 Å². The second-order valence-electron chi connectivity index (χ2n) is 3.38. The van der Waals surface area contributed by atoms with Crippen molar-refractivity contribution in [2.75, 3.05) is 31.2 Å². The van der Waals surface area contributed by atoms with Gasteiger partial charge in [0, 0.05) is 13.1 Å². The Kier molecular flexibility index (Phi) is 2.55. The maximum absolute atomic E-state index is 10.8. The molecule has 0 unspecified atom stereocenters. The molecule has 1 saturated heterocycles. The number of nitrogens with zero attached hydrogens (tertiary/aromatic N) is 3. The van der Waals surface area contributed by atoms with Crippen molar-refractivity contribution in [2.24, 2.45) is 0 Å². The minimum Gasteiger partial charge on any atom is -0.378 e. The fourth-order valence-corrected chi connectivity index (χ4v) is 1.62. The third-order valence-corrected chi connectivity index (χ3v) is 2.39. The molecule has 7 nitrogen and oxygen atoms in total. The number of nitro groups is 1. The van der Waals surface area contributed by atoms with Gasteiger partial charge in [0.2, 0.25) is 5.82 Å². The standard InChI is InChI=1S/C8H12N4O3/c1-6-7(12(13)14)8(10-9-6)11-2-4-15-5-3-11/h2-5H2,1H3,(H,9,10). The lowest BCUT2D eigenvalue weighted by Crippen LogP contribution is -2.36. The molecule has 1 aliphatic heterocycles. The molecule has 1 aromatic rings. The topological polar surface area (TPSA) is 84.3 Å². The summed E-state index contributed by atoms with van der Waals surface area (Å²) < 4.78 is 5.18. The van der Waals surface area contributed by atoms with E-state index in [1.54, 1.807) is 6.92 Å². The van der Waals surface area contributed by atoms with Crippen molar-refractivity contribution in [1.29, 1.82) is 0 Å². The molecule has 1 aliphatic rings. The van der Waals surface area contributed by atoms with E-state index in [9.17, 15) is 10.1 Å². The molecular formula is C8H12N4O3. The summed E-state index contributed by atoms with van der Waals surface area (Å²) in [6.07, 6.45) is 0. The summed E-state index contributed by atoms with van der Waals surface area (Å²) in [6, 6.07) is 0. The van der Waals surface area contributed by atoms with Crippen molar-refractivity contribution >= 4 is 11.5 Å². The number of aromatic nitrogens is 2. The predicted molar refractivity (Wildman–Crippen MR) is 53.0 cm³/mol. The molecule has 1 N–H and O–H groups in total. The zero-order valence-electron chi connectivity index (χ0n) is 8.39. The van der Waals surface area contributed by atoms with E-state index in [0.29, 0.717) is 37.8 Å². The zero-order valence-corrected chi connectivity index (χ0v) is 8.39. The van der Waals surface area contributed by atoms with Crippen LogP contribution in [0, 0.1) is 17.0 Å². The lowest BCUT2D eigenvalue weighted by Gasteiger charge is -2.25. The molecule has 0 saturated carbocycles. The lowest BCUT2D eigenvalue weighted by molar-refractivity contribution is -0.384. The number of morpholine rings is 1. The van der Waals surface area contributed by atoms with Crippen LogP contribution in [0.25, 0.3) is 0 Å². The number of rotatable bonds is 2. The summed E-state index contributed by atoms with van der Waals surface area (Å²) in [4.78, 5) is 12.3. The monoisotopic (exact) mass is 212 g/mol. The predicted octanol–water partition coefficient (Wildman–Crippen LogP) is 0.463. The number of anilines is 1. The van der Waals surface area contributed by atoms with E-state index >= 15 is 0 Å². The summed E-state index contributed by atoms with van der Waals surface area (Å²) in [5.41, 5.74) is 0.554. The highest BCUT2D eigenvalue weighted by Crippen LogP contribution is 2.28. The molecule has 0 aliphatic carbocycles. The van der Waals surface area contributed by atoms with Crippen LogP contribution in [0.4, 0.5) is 11.5 Å². The molecule has 7 heteroatoms. The number of aromatic amines is 1.